The number of carbonyl (C=O) groups is 2. The van der Waals surface area contributed by atoms with E-state index in [4.69, 9.17) is 0 Å². The largest absolute Gasteiger partial charge is 0.352 e. The number of hydrogen-bond acceptors (Lipinski definition) is 3. The number of amides is 2. The molecule has 0 unspecified atom stereocenters. The van der Waals surface area contributed by atoms with Gasteiger partial charge in [-0.15, -0.1) is 0 Å². The summed E-state index contributed by atoms with van der Waals surface area (Å²) in [5.41, 5.74) is 3.04. The molecule has 1 aromatic carbocycles. The van der Waals surface area contributed by atoms with Gasteiger partial charge in [-0.2, -0.15) is 0 Å². The van der Waals surface area contributed by atoms with Gasteiger partial charge in [0.2, 0.25) is 11.8 Å². The molecule has 0 aliphatic carbocycles. The van der Waals surface area contributed by atoms with Gasteiger partial charge >= 0.3 is 0 Å². The summed E-state index contributed by atoms with van der Waals surface area (Å²) >= 11 is 0. The van der Waals surface area contributed by atoms with Gasteiger partial charge in [0.1, 0.15) is 0 Å². The highest BCUT2D eigenvalue weighted by molar-refractivity contribution is 6.00. The third-order valence-corrected chi connectivity index (χ3v) is 4.56. The lowest BCUT2D eigenvalue weighted by atomic mass is 10.0. The van der Waals surface area contributed by atoms with E-state index in [9.17, 15) is 9.59 Å². The van der Waals surface area contributed by atoms with Crippen molar-refractivity contribution >= 4 is 17.5 Å². The molecule has 25 heavy (non-hydrogen) atoms. The number of hydrogen-bond donors (Lipinski definition) is 1. The van der Waals surface area contributed by atoms with Crippen molar-refractivity contribution in [3.8, 4) is 0 Å². The minimum Gasteiger partial charge on any atom is -0.352 e. The Morgan fingerprint density at radius 1 is 1.28 bits per heavy atom. The summed E-state index contributed by atoms with van der Waals surface area (Å²) < 4.78 is 0. The van der Waals surface area contributed by atoms with Gasteiger partial charge in [0.05, 0.1) is 5.92 Å². The first-order chi connectivity index (χ1) is 12.0. The first-order valence-electron chi connectivity index (χ1n) is 8.61. The van der Waals surface area contributed by atoms with Crippen molar-refractivity contribution in [2.75, 3.05) is 11.4 Å². The first kappa shape index (κ1) is 17.1. The molecular formula is C20H23N3O2. The molecule has 130 valence electrons. The second-order valence-corrected chi connectivity index (χ2v) is 6.73. The van der Waals surface area contributed by atoms with E-state index in [1.807, 2.05) is 36.4 Å². The Balaban J connectivity index is 1.60. The summed E-state index contributed by atoms with van der Waals surface area (Å²) in [4.78, 5) is 30.4. The zero-order valence-electron chi connectivity index (χ0n) is 14.6. The fourth-order valence-electron chi connectivity index (χ4n) is 3.01. The Labute approximate surface area is 148 Å². The zero-order chi connectivity index (χ0) is 17.8. The SMILES string of the molecule is CC(C)c1ccc(N2C[C@@H](C(=O)NCc3cccnc3)CC2=O)cc1. The summed E-state index contributed by atoms with van der Waals surface area (Å²) in [5, 5.41) is 2.90. The van der Waals surface area contributed by atoms with Crippen LogP contribution in [-0.2, 0) is 16.1 Å². The number of nitrogens with zero attached hydrogens (tertiary/aromatic N) is 2. The van der Waals surface area contributed by atoms with E-state index >= 15 is 0 Å². The number of pyridine rings is 1. The van der Waals surface area contributed by atoms with Crippen molar-refractivity contribution in [3.63, 3.8) is 0 Å². The van der Waals surface area contributed by atoms with Crippen LogP contribution in [0.3, 0.4) is 0 Å². The minimum atomic E-state index is -0.311. The van der Waals surface area contributed by atoms with Crippen molar-refractivity contribution in [2.45, 2.75) is 32.7 Å². The Morgan fingerprint density at radius 3 is 2.68 bits per heavy atom. The molecule has 5 heteroatoms. The maximum absolute atomic E-state index is 12.4. The number of anilines is 1. The van der Waals surface area contributed by atoms with Crippen LogP contribution in [0.2, 0.25) is 0 Å². The third-order valence-electron chi connectivity index (χ3n) is 4.56. The molecule has 1 aromatic heterocycles. The van der Waals surface area contributed by atoms with Gasteiger partial charge < -0.3 is 10.2 Å². The molecule has 2 amide bonds. The molecule has 0 bridgehead atoms. The molecule has 1 saturated heterocycles. The van der Waals surface area contributed by atoms with E-state index in [2.05, 4.69) is 24.1 Å². The molecule has 1 fully saturated rings. The van der Waals surface area contributed by atoms with E-state index in [1.165, 1.54) is 5.56 Å². The fraction of sp³-hybridized carbons (Fsp3) is 0.350. The molecule has 5 nitrogen and oxygen atoms in total. The van der Waals surface area contributed by atoms with Crippen molar-refractivity contribution in [1.29, 1.82) is 0 Å². The number of aromatic nitrogens is 1. The van der Waals surface area contributed by atoms with E-state index in [0.717, 1.165) is 11.3 Å². The van der Waals surface area contributed by atoms with Gasteiger partial charge in [-0.1, -0.05) is 32.0 Å². The first-order valence-corrected chi connectivity index (χ1v) is 8.61. The maximum atomic E-state index is 12.4. The maximum Gasteiger partial charge on any atom is 0.227 e. The van der Waals surface area contributed by atoms with Crippen LogP contribution >= 0.6 is 0 Å². The van der Waals surface area contributed by atoms with Crippen molar-refractivity contribution < 1.29 is 9.59 Å². The topological polar surface area (TPSA) is 62.3 Å². The molecule has 1 N–H and O–H groups in total. The van der Waals surface area contributed by atoms with Crippen LogP contribution in [0.4, 0.5) is 5.69 Å². The van der Waals surface area contributed by atoms with Crippen LogP contribution in [0.1, 0.15) is 37.3 Å². The van der Waals surface area contributed by atoms with Gasteiger partial charge in [0.15, 0.2) is 0 Å². The van der Waals surface area contributed by atoms with Crippen molar-refractivity contribution in [1.82, 2.24) is 10.3 Å². The van der Waals surface area contributed by atoms with Gasteiger partial charge in [0, 0.05) is 37.6 Å². The lowest BCUT2D eigenvalue weighted by Gasteiger charge is -2.17. The minimum absolute atomic E-state index is 0.00109. The molecule has 0 radical (unpaired) electrons. The number of carbonyl (C=O) groups excluding carboxylic acids is 2. The Bertz CT molecular complexity index is 741. The second kappa shape index (κ2) is 7.47. The summed E-state index contributed by atoms with van der Waals surface area (Å²) in [6.07, 6.45) is 3.68. The van der Waals surface area contributed by atoms with E-state index < -0.39 is 0 Å². The summed E-state index contributed by atoms with van der Waals surface area (Å²) in [6, 6.07) is 11.8. The standard InChI is InChI=1S/C20H23N3O2/c1-14(2)16-5-7-18(8-6-16)23-13-17(10-19(23)24)20(25)22-12-15-4-3-9-21-11-15/h3-9,11,14,17H,10,12-13H2,1-2H3,(H,22,25)/t17-/m0/s1. The van der Waals surface area contributed by atoms with Crippen LogP contribution in [0.15, 0.2) is 48.8 Å². The molecule has 0 spiro atoms. The Morgan fingerprint density at radius 2 is 2.04 bits per heavy atom. The Kier molecular flexibility index (Phi) is 5.12. The predicted molar refractivity (Wildman–Crippen MR) is 97.1 cm³/mol. The molecule has 1 aliphatic rings. The molecular weight excluding hydrogens is 314 g/mol. The van der Waals surface area contributed by atoms with E-state index in [0.29, 0.717) is 19.0 Å². The van der Waals surface area contributed by atoms with Crippen molar-refractivity contribution in [3.05, 3.63) is 59.9 Å². The number of nitrogens with one attached hydrogen (secondary N) is 1. The molecule has 1 aliphatic heterocycles. The average molecular weight is 337 g/mol. The van der Waals surface area contributed by atoms with Crippen LogP contribution in [0.25, 0.3) is 0 Å². The highest BCUT2D eigenvalue weighted by Crippen LogP contribution is 2.27. The van der Waals surface area contributed by atoms with Gasteiger partial charge in [-0.3, -0.25) is 14.6 Å². The normalized spacial score (nSPS) is 17.2. The Hall–Kier alpha value is -2.69. The van der Waals surface area contributed by atoms with Gasteiger partial charge in [-0.05, 0) is 35.2 Å². The van der Waals surface area contributed by atoms with Gasteiger partial charge in [0.25, 0.3) is 0 Å². The second-order valence-electron chi connectivity index (χ2n) is 6.73. The number of benzene rings is 1. The number of rotatable bonds is 5. The smallest absolute Gasteiger partial charge is 0.227 e. The molecule has 2 heterocycles. The monoisotopic (exact) mass is 337 g/mol. The molecule has 3 rings (SSSR count). The van der Waals surface area contributed by atoms with E-state index in [1.54, 1.807) is 17.3 Å². The fourth-order valence-corrected chi connectivity index (χ4v) is 3.01. The molecule has 0 saturated carbocycles. The van der Waals surface area contributed by atoms with Crippen LogP contribution in [0.5, 0.6) is 0 Å². The van der Waals surface area contributed by atoms with Crippen LogP contribution < -0.4 is 10.2 Å². The summed E-state index contributed by atoms with van der Waals surface area (Å²) in [7, 11) is 0. The van der Waals surface area contributed by atoms with Crippen LogP contribution in [-0.4, -0.2) is 23.3 Å². The average Bonchev–Trinajstić information content (AvgIpc) is 3.02. The predicted octanol–water partition coefficient (Wildman–Crippen LogP) is 2.87. The highest BCUT2D eigenvalue weighted by Gasteiger charge is 2.34. The zero-order valence-corrected chi connectivity index (χ0v) is 14.6. The highest BCUT2D eigenvalue weighted by atomic mass is 16.2. The summed E-state index contributed by atoms with van der Waals surface area (Å²) in [5.74, 6) is 0.0561. The third kappa shape index (κ3) is 4.05. The van der Waals surface area contributed by atoms with Gasteiger partial charge in [-0.25, -0.2) is 0 Å². The lowest BCUT2D eigenvalue weighted by molar-refractivity contribution is -0.126. The molecule has 1 atom stereocenters. The van der Waals surface area contributed by atoms with Crippen LogP contribution in [0, 0.1) is 5.92 Å². The summed E-state index contributed by atoms with van der Waals surface area (Å²) in [6.45, 7) is 5.14. The molecule has 2 aromatic rings. The lowest BCUT2D eigenvalue weighted by Crippen LogP contribution is -2.32. The van der Waals surface area contributed by atoms with E-state index in [-0.39, 0.29) is 24.2 Å². The quantitative estimate of drug-likeness (QED) is 0.912. The van der Waals surface area contributed by atoms with Crippen molar-refractivity contribution in [2.24, 2.45) is 5.92 Å².